The largest absolute Gasteiger partial charge is 0.481 e. The molecule has 0 saturated heterocycles. The molecule has 0 radical (unpaired) electrons. The van der Waals surface area contributed by atoms with Gasteiger partial charge in [0.25, 0.3) is 0 Å². The molecule has 0 spiro atoms. The van der Waals surface area contributed by atoms with Gasteiger partial charge in [-0.05, 0) is 40.5 Å². The van der Waals surface area contributed by atoms with Crippen molar-refractivity contribution in [1.29, 1.82) is 0 Å². The van der Waals surface area contributed by atoms with Crippen LogP contribution in [0, 0.1) is 5.41 Å². The number of amides is 2. The predicted molar refractivity (Wildman–Crippen MR) is 119 cm³/mol. The second-order valence-electron chi connectivity index (χ2n) is 9.40. The Kier molecular flexibility index (Phi) is 5.91. The molecule has 168 valence electrons. The molecular weight excluding hydrogens is 408 g/mol. The van der Waals surface area contributed by atoms with Gasteiger partial charge in [-0.2, -0.15) is 0 Å². The van der Waals surface area contributed by atoms with E-state index < -0.39 is 30.4 Å². The lowest BCUT2D eigenvalue weighted by molar-refractivity contribution is -0.140. The van der Waals surface area contributed by atoms with E-state index in [-0.39, 0.29) is 24.0 Å². The highest BCUT2D eigenvalue weighted by Gasteiger charge is 2.38. The van der Waals surface area contributed by atoms with Crippen molar-refractivity contribution >= 4 is 18.0 Å². The Morgan fingerprint density at radius 1 is 1.03 bits per heavy atom. The molecule has 4 rings (SSSR count). The summed E-state index contributed by atoms with van der Waals surface area (Å²) in [7, 11) is 0. The van der Waals surface area contributed by atoms with E-state index in [1.807, 2.05) is 48.5 Å². The van der Waals surface area contributed by atoms with Crippen LogP contribution in [0.1, 0.15) is 50.2 Å². The van der Waals surface area contributed by atoms with Crippen molar-refractivity contribution in [3.8, 4) is 11.1 Å². The standard InChI is InChI=1S/C25H28N2O5/c1-25(2)12-15(13-25)26-23(30)21(11-22(28)29)27-24(31)32-14-20-18-9-5-3-7-16(18)17-8-4-6-10-19(17)20/h3-10,15,20-21H,11-14H2,1-2H3,(H,26,30)(H,27,31)(H,28,29). The van der Waals surface area contributed by atoms with Gasteiger partial charge in [0.2, 0.25) is 5.91 Å². The lowest BCUT2D eigenvalue weighted by atomic mass is 9.68. The quantitative estimate of drug-likeness (QED) is 0.614. The summed E-state index contributed by atoms with van der Waals surface area (Å²) >= 11 is 0. The highest BCUT2D eigenvalue weighted by atomic mass is 16.5. The highest BCUT2D eigenvalue weighted by Crippen LogP contribution is 2.44. The van der Waals surface area contributed by atoms with Gasteiger partial charge >= 0.3 is 12.1 Å². The molecule has 7 heteroatoms. The summed E-state index contributed by atoms with van der Waals surface area (Å²) in [4.78, 5) is 36.3. The summed E-state index contributed by atoms with van der Waals surface area (Å²) in [6.45, 7) is 4.32. The first-order valence-corrected chi connectivity index (χ1v) is 10.9. The smallest absolute Gasteiger partial charge is 0.407 e. The second-order valence-corrected chi connectivity index (χ2v) is 9.40. The third kappa shape index (κ3) is 4.61. The number of nitrogens with one attached hydrogen (secondary N) is 2. The summed E-state index contributed by atoms with van der Waals surface area (Å²) < 4.78 is 5.46. The molecule has 7 nitrogen and oxygen atoms in total. The summed E-state index contributed by atoms with van der Waals surface area (Å²) in [6.07, 6.45) is 0.334. The molecule has 0 aliphatic heterocycles. The van der Waals surface area contributed by atoms with Gasteiger partial charge in [0, 0.05) is 12.0 Å². The van der Waals surface area contributed by atoms with Crippen LogP contribution in [0.4, 0.5) is 4.79 Å². The third-order valence-corrected chi connectivity index (χ3v) is 6.28. The van der Waals surface area contributed by atoms with Gasteiger partial charge in [-0.1, -0.05) is 62.4 Å². The predicted octanol–water partition coefficient (Wildman–Crippen LogP) is 3.67. The van der Waals surface area contributed by atoms with E-state index in [0.29, 0.717) is 0 Å². The molecular formula is C25H28N2O5. The highest BCUT2D eigenvalue weighted by molar-refractivity contribution is 5.89. The molecule has 3 N–H and O–H groups in total. The first kappa shape index (κ1) is 21.9. The molecule has 0 heterocycles. The van der Waals surface area contributed by atoms with Gasteiger partial charge in [-0.3, -0.25) is 9.59 Å². The van der Waals surface area contributed by atoms with Gasteiger partial charge in [0.15, 0.2) is 0 Å². The fourth-order valence-electron chi connectivity index (χ4n) is 4.84. The number of ether oxygens (including phenoxy) is 1. The average molecular weight is 437 g/mol. The Morgan fingerprint density at radius 3 is 2.12 bits per heavy atom. The summed E-state index contributed by atoms with van der Waals surface area (Å²) in [6, 6.07) is 14.8. The van der Waals surface area contributed by atoms with Crippen LogP contribution in [-0.4, -0.2) is 41.8 Å². The zero-order chi connectivity index (χ0) is 22.9. The van der Waals surface area contributed by atoms with Crippen LogP contribution in [0.3, 0.4) is 0 Å². The van der Waals surface area contributed by atoms with Crippen LogP contribution < -0.4 is 10.6 Å². The van der Waals surface area contributed by atoms with Gasteiger partial charge < -0.3 is 20.5 Å². The van der Waals surface area contributed by atoms with E-state index in [1.165, 1.54) is 0 Å². The second kappa shape index (κ2) is 8.65. The number of rotatable bonds is 7. The molecule has 1 unspecified atom stereocenters. The maximum Gasteiger partial charge on any atom is 0.407 e. The molecule has 0 aromatic heterocycles. The zero-order valence-corrected chi connectivity index (χ0v) is 18.3. The Balaban J connectivity index is 1.38. The molecule has 2 amide bonds. The molecule has 0 bridgehead atoms. The van der Waals surface area contributed by atoms with Crippen molar-refractivity contribution < 1.29 is 24.2 Å². The molecule has 1 atom stereocenters. The summed E-state index contributed by atoms with van der Waals surface area (Å²) in [5.74, 6) is -1.78. The number of fused-ring (bicyclic) bond motifs is 3. The molecule has 2 aromatic carbocycles. The number of hydrogen-bond acceptors (Lipinski definition) is 4. The first-order chi connectivity index (χ1) is 15.2. The molecule has 2 aliphatic rings. The third-order valence-electron chi connectivity index (χ3n) is 6.28. The van der Waals surface area contributed by atoms with E-state index in [2.05, 4.69) is 24.5 Å². The Bertz CT molecular complexity index is 995. The number of carbonyl (C=O) groups excluding carboxylic acids is 2. The van der Waals surface area contributed by atoms with Gasteiger partial charge in [0.1, 0.15) is 12.6 Å². The molecule has 32 heavy (non-hydrogen) atoms. The van der Waals surface area contributed by atoms with E-state index >= 15 is 0 Å². The van der Waals surface area contributed by atoms with Gasteiger partial charge in [0.05, 0.1) is 6.42 Å². The Hall–Kier alpha value is -3.35. The van der Waals surface area contributed by atoms with Crippen molar-refractivity contribution in [3.63, 3.8) is 0 Å². The summed E-state index contributed by atoms with van der Waals surface area (Å²) in [5, 5.41) is 14.5. The zero-order valence-electron chi connectivity index (χ0n) is 18.3. The molecule has 1 saturated carbocycles. The number of alkyl carbamates (subject to hydrolysis) is 1. The van der Waals surface area contributed by atoms with E-state index in [1.54, 1.807) is 0 Å². The minimum Gasteiger partial charge on any atom is -0.481 e. The average Bonchev–Trinajstić information content (AvgIpc) is 3.04. The monoisotopic (exact) mass is 436 g/mol. The number of aliphatic carboxylic acids is 1. The first-order valence-electron chi connectivity index (χ1n) is 10.9. The van der Waals surface area contributed by atoms with Crippen LogP contribution in [0.5, 0.6) is 0 Å². The van der Waals surface area contributed by atoms with E-state index in [9.17, 15) is 19.5 Å². The SMILES string of the molecule is CC1(C)CC(NC(=O)C(CC(=O)O)NC(=O)OCC2c3ccccc3-c3ccccc32)C1. The maximum atomic E-state index is 12.6. The molecule has 2 aliphatic carbocycles. The number of hydrogen-bond donors (Lipinski definition) is 3. The van der Waals surface area contributed by atoms with Crippen molar-refractivity contribution in [2.24, 2.45) is 5.41 Å². The lowest BCUT2D eigenvalue weighted by Crippen LogP contribution is -2.55. The molecule has 1 fully saturated rings. The van der Waals surface area contributed by atoms with Crippen molar-refractivity contribution in [2.45, 2.75) is 51.1 Å². The lowest BCUT2D eigenvalue weighted by Gasteiger charge is -2.43. The fraction of sp³-hybridized carbons (Fsp3) is 0.400. The minimum atomic E-state index is -1.19. The number of carboxylic acids is 1. The Labute approximate surface area is 187 Å². The van der Waals surface area contributed by atoms with E-state index in [0.717, 1.165) is 35.1 Å². The van der Waals surface area contributed by atoms with E-state index in [4.69, 9.17) is 4.74 Å². The summed E-state index contributed by atoms with van der Waals surface area (Å²) in [5.41, 5.74) is 4.55. The van der Waals surface area contributed by atoms with Crippen LogP contribution in [0.15, 0.2) is 48.5 Å². The van der Waals surface area contributed by atoms with Crippen LogP contribution in [0.2, 0.25) is 0 Å². The normalized spacial score (nSPS) is 17.4. The number of benzene rings is 2. The van der Waals surface area contributed by atoms with Crippen molar-refractivity contribution in [2.75, 3.05) is 6.61 Å². The Morgan fingerprint density at radius 2 is 1.59 bits per heavy atom. The van der Waals surface area contributed by atoms with Crippen molar-refractivity contribution in [3.05, 3.63) is 59.7 Å². The fourth-order valence-corrected chi connectivity index (χ4v) is 4.84. The van der Waals surface area contributed by atoms with Crippen LogP contribution >= 0.6 is 0 Å². The van der Waals surface area contributed by atoms with Crippen LogP contribution in [0.25, 0.3) is 11.1 Å². The van der Waals surface area contributed by atoms with Crippen LogP contribution in [-0.2, 0) is 14.3 Å². The topological polar surface area (TPSA) is 105 Å². The van der Waals surface area contributed by atoms with Gasteiger partial charge in [-0.15, -0.1) is 0 Å². The minimum absolute atomic E-state index is 0.00175. The molecule has 2 aromatic rings. The maximum absolute atomic E-state index is 12.6. The van der Waals surface area contributed by atoms with Crippen molar-refractivity contribution in [1.82, 2.24) is 10.6 Å². The number of carbonyl (C=O) groups is 3. The van der Waals surface area contributed by atoms with Gasteiger partial charge in [-0.25, -0.2) is 4.79 Å². The number of carboxylic acid groups (broad SMARTS) is 1.